The molecule has 0 aliphatic carbocycles. The summed E-state index contributed by atoms with van der Waals surface area (Å²) in [5.41, 5.74) is 3.59. The van der Waals surface area contributed by atoms with Crippen LogP contribution in [0.4, 0.5) is 0 Å². The third-order valence-corrected chi connectivity index (χ3v) is 4.32. The highest BCUT2D eigenvalue weighted by atomic mass is 15.1. The van der Waals surface area contributed by atoms with Gasteiger partial charge in [0.1, 0.15) is 5.82 Å². The smallest absolute Gasteiger partial charge is 0.137 e. The van der Waals surface area contributed by atoms with Gasteiger partial charge in [-0.15, -0.1) is 0 Å². The number of hydrogen-bond donors (Lipinski definition) is 0. The van der Waals surface area contributed by atoms with Crippen LogP contribution in [0.15, 0.2) is 61.1 Å². The fourth-order valence-corrected chi connectivity index (χ4v) is 3.03. The van der Waals surface area contributed by atoms with Crippen LogP contribution < -0.4 is 0 Å². The van der Waals surface area contributed by atoms with Gasteiger partial charge in [0.15, 0.2) is 0 Å². The van der Waals surface area contributed by atoms with E-state index in [1.54, 1.807) is 0 Å². The highest BCUT2D eigenvalue weighted by Gasteiger charge is 2.16. The van der Waals surface area contributed by atoms with Crippen molar-refractivity contribution in [2.24, 2.45) is 0 Å². The van der Waals surface area contributed by atoms with Crippen molar-refractivity contribution < 1.29 is 0 Å². The van der Waals surface area contributed by atoms with E-state index < -0.39 is 0 Å². The molecule has 0 spiro atoms. The Morgan fingerprint density at radius 2 is 1.61 bits per heavy atom. The molecule has 0 N–H and O–H groups in total. The molecule has 3 heterocycles. The van der Waals surface area contributed by atoms with E-state index in [9.17, 15) is 0 Å². The summed E-state index contributed by atoms with van der Waals surface area (Å²) in [5.74, 6) is 0.928. The molecule has 0 amide bonds. The molecule has 4 rings (SSSR count). The normalized spacial score (nSPS) is 12.1. The summed E-state index contributed by atoms with van der Waals surface area (Å²) in [7, 11) is 0. The predicted octanol–water partition coefficient (Wildman–Crippen LogP) is 4.87. The van der Waals surface area contributed by atoms with E-state index in [1.165, 1.54) is 16.3 Å². The number of rotatable bonds is 1. The number of para-hydroxylation sites is 1. The molecule has 0 aliphatic heterocycles. The van der Waals surface area contributed by atoms with Crippen LogP contribution >= 0.6 is 0 Å². The maximum atomic E-state index is 4.72. The molecule has 0 unspecified atom stereocenters. The summed E-state index contributed by atoms with van der Waals surface area (Å²) in [5, 5.41) is 2.43. The average Bonchev–Trinajstić information content (AvgIpc) is 2.89. The van der Waals surface area contributed by atoms with Crippen molar-refractivity contribution in [3.63, 3.8) is 0 Å². The summed E-state index contributed by atoms with van der Waals surface area (Å²) in [4.78, 5) is 9.03. The van der Waals surface area contributed by atoms with E-state index >= 15 is 0 Å². The second-order valence-corrected chi connectivity index (χ2v) is 6.90. The summed E-state index contributed by atoms with van der Waals surface area (Å²) in [6.07, 6.45) is 5.73. The summed E-state index contributed by atoms with van der Waals surface area (Å²) < 4.78 is 2.18. The lowest BCUT2D eigenvalue weighted by Gasteiger charge is -2.18. The second kappa shape index (κ2) is 4.92. The van der Waals surface area contributed by atoms with Gasteiger partial charge in [-0.3, -0.25) is 9.55 Å². The Labute approximate surface area is 135 Å². The lowest BCUT2D eigenvalue weighted by Crippen LogP contribution is -2.11. The van der Waals surface area contributed by atoms with Crippen molar-refractivity contribution >= 4 is 21.8 Å². The maximum absolute atomic E-state index is 4.72. The zero-order valence-electron chi connectivity index (χ0n) is 13.6. The standard InChI is InChI=1S/C20H19N3/c1-20(2,3)14-8-9-19(22-12-14)23-17-7-5-4-6-15(17)16-10-11-21-13-18(16)23/h4-13H,1-3H3. The van der Waals surface area contributed by atoms with Crippen molar-refractivity contribution in [3.05, 3.63) is 66.6 Å². The Hall–Kier alpha value is -2.68. The van der Waals surface area contributed by atoms with E-state index in [-0.39, 0.29) is 5.41 Å². The van der Waals surface area contributed by atoms with Gasteiger partial charge in [-0.1, -0.05) is 45.0 Å². The summed E-state index contributed by atoms with van der Waals surface area (Å²) >= 11 is 0. The quantitative estimate of drug-likeness (QED) is 0.502. The third-order valence-electron chi connectivity index (χ3n) is 4.32. The lowest BCUT2D eigenvalue weighted by atomic mass is 9.88. The Balaban J connectivity index is 2.01. The second-order valence-electron chi connectivity index (χ2n) is 6.90. The van der Waals surface area contributed by atoms with Gasteiger partial charge in [-0.25, -0.2) is 4.98 Å². The molecule has 0 fully saturated rings. The maximum Gasteiger partial charge on any atom is 0.137 e. The monoisotopic (exact) mass is 301 g/mol. The molecule has 3 aromatic heterocycles. The first kappa shape index (κ1) is 13.9. The van der Waals surface area contributed by atoms with E-state index in [1.807, 2.05) is 18.6 Å². The van der Waals surface area contributed by atoms with Crippen LogP contribution in [0.1, 0.15) is 26.3 Å². The number of aromatic nitrogens is 3. The van der Waals surface area contributed by atoms with E-state index in [0.29, 0.717) is 0 Å². The van der Waals surface area contributed by atoms with E-state index in [2.05, 4.69) is 72.8 Å². The van der Waals surface area contributed by atoms with Crippen LogP contribution in [-0.4, -0.2) is 14.5 Å². The number of benzene rings is 1. The molecule has 114 valence electrons. The molecule has 3 heteroatoms. The molecule has 23 heavy (non-hydrogen) atoms. The molecule has 0 bridgehead atoms. The van der Waals surface area contributed by atoms with Crippen LogP contribution in [0.2, 0.25) is 0 Å². The molecule has 0 radical (unpaired) electrons. The Bertz CT molecular complexity index is 936. The molecule has 0 saturated heterocycles. The molecule has 4 aromatic rings. The largest absolute Gasteiger partial charge is 0.292 e. The van der Waals surface area contributed by atoms with Crippen LogP contribution in [0, 0.1) is 0 Å². The molecule has 0 aliphatic rings. The fraction of sp³-hybridized carbons (Fsp3) is 0.200. The molecule has 0 atom stereocenters. The van der Waals surface area contributed by atoms with Crippen LogP contribution in [-0.2, 0) is 5.41 Å². The number of pyridine rings is 2. The molecule has 3 nitrogen and oxygen atoms in total. The predicted molar refractivity (Wildman–Crippen MR) is 95.1 cm³/mol. The van der Waals surface area contributed by atoms with Crippen molar-refractivity contribution in [2.75, 3.05) is 0 Å². The van der Waals surface area contributed by atoms with Gasteiger partial charge in [-0.05, 0) is 29.2 Å². The topological polar surface area (TPSA) is 30.7 Å². The first-order valence-electron chi connectivity index (χ1n) is 7.86. The minimum Gasteiger partial charge on any atom is -0.292 e. The first-order chi connectivity index (χ1) is 11.1. The molecule has 0 saturated carbocycles. The van der Waals surface area contributed by atoms with Gasteiger partial charge < -0.3 is 0 Å². The summed E-state index contributed by atoms with van der Waals surface area (Å²) in [6.45, 7) is 6.61. The fourth-order valence-electron chi connectivity index (χ4n) is 3.03. The number of nitrogens with zero attached hydrogens (tertiary/aromatic N) is 3. The molecular weight excluding hydrogens is 282 g/mol. The minimum absolute atomic E-state index is 0.105. The van der Waals surface area contributed by atoms with E-state index in [4.69, 9.17) is 4.98 Å². The van der Waals surface area contributed by atoms with Crippen molar-refractivity contribution in [1.82, 2.24) is 14.5 Å². The zero-order chi connectivity index (χ0) is 16.0. The average molecular weight is 301 g/mol. The first-order valence-corrected chi connectivity index (χ1v) is 7.86. The Morgan fingerprint density at radius 1 is 0.826 bits per heavy atom. The number of hydrogen-bond acceptors (Lipinski definition) is 2. The van der Waals surface area contributed by atoms with Gasteiger partial charge >= 0.3 is 0 Å². The molecular formula is C20H19N3. The van der Waals surface area contributed by atoms with Crippen LogP contribution in [0.3, 0.4) is 0 Å². The Kier molecular flexibility index (Phi) is 2.98. The zero-order valence-corrected chi connectivity index (χ0v) is 13.6. The van der Waals surface area contributed by atoms with Crippen LogP contribution in [0.5, 0.6) is 0 Å². The minimum atomic E-state index is 0.105. The van der Waals surface area contributed by atoms with Gasteiger partial charge in [-0.2, -0.15) is 0 Å². The lowest BCUT2D eigenvalue weighted by molar-refractivity contribution is 0.587. The Morgan fingerprint density at radius 3 is 2.35 bits per heavy atom. The third kappa shape index (κ3) is 2.20. The van der Waals surface area contributed by atoms with Crippen molar-refractivity contribution in [1.29, 1.82) is 0 Å². The molecule has 1 aromatic carbocycles. The van der Waals surface area contributed by atoms with Gasteiger partial charge in [0.2, 0.25) is 0 Å². The van der Waals surface area contributed by atoms with Crippen molar-refractivity contribution in [2.45, 2.75) is 26.2 Å². The van der Waals surface area contributed by atoms with Crippen molar-refractivity contribution in [3.8, 4) is 5.82 Å². The van der Waals surface area contributed by atoms with Gasteiger partial charge in [0.05, 0.1) is 17.2 Å². The highest BCUT2D eigenvalue weighted by molar-refractivity contribution is 6.08. The highest BCUT2D eigenvalue weighted by Crippen LogP contribution is 2.31. The SMILES string of the molecule is CC(C)(C)c1ccc(-n2c3ccccc3c3ccncc32)nc1. The van der Waals surface area contributed by atoms with Gasteiger partial charge in [0, 0.05) is 23.2 Å². The van der Waals surface area contributed by atoms with Gasteiger partial charge in [0.25, 0.3) is 0 Å². The number of fused-ring (bicyclic) bond motifs is 3. The van der Waals surface area contributed by atoms with E-state index in [0.717, 1.165) is 16.9 Å². The van der Waals surface area contributed by atoms with Crippen LogP contribution in [0.25, 0.3) is 27.6 Å². The summed E-state index contributed by atoms with van der Waals surface area (Å²) in [6, 6.07) is 14.8.